The molecular formula is C21H17F3N2O3S. The van der Waals surface area contributed by atoms with Crippen molar-refractivity contribution in [1.82, 2.24) is 0 Å². The summed E-state index contributed by atoms with van der Waals surface area (Å²) >= 11 is 0. The van der Waals surface area contributed by atoms with Crippen LogP contribution in [0.4, 0.5) is 24.5 Å². The second kappa shape index (κ2) is 8.19. The Morgan fingerprint density at radius 3 is 2.10 bits per heavy atom. The smallest absolute Gasteiger partial charge is 0.322 e. The number of carbonyl (C=O) groups is 1. The van der Waals surface area contributed by atoms with Crippen LogP contribution in [-0.2, 0) is 16.2 Å². The standard InChI is InChI=1S/C21H17F3N2O3S/c1-14-13-18(11-12-19(14)25-20(27)15-5-3-2-4-6-15)30(28,29)26-17-9-7-16(8-10-17)21(22,23)24/h2-13,26H,1H3,(H,25,27). The van der Waals surface area contributed by atoms with E-state index in [9.17, 15) is 26.4 Å². The van der Waals surface area contributed by atoms with Crippen LogP contribution >= 0.6 is 0 Å². The van der Waals surface area contributed by atoms with Crippen LogP contribution in [-0.4, -0.2) is 14.3 Å². The van der Waals surface area contributed by atoms with Gasteiger partial charge in [-0.25, -0.2) is 8.42 Å². The third-order valence-corrected chi connectivity index (χ3v) is 5.64. The Morgan fingerprint density at radius 2 is 1.53 bits per heavy atom. The Hall–Kier alpha value is -3.33. The molecule has 0 radical (unpaired) electrons. The molecule has 0 saturated carbocycles. The summed E-state index contributed by atoms with van der Waals surface area (Å²) in [7, 11) is -4.03. The minimum absolute atomic E-state index is 0.00195. The highest BCUT2D eigenvalue weighted by atomic mass is 32.2. The van der Waals surface area contributed by atoms with Crippen LogP contribution in [0.1, 0.15) is 21.5 Å². The number of alkyl halides is 3. The van der Waals surface area contributed by atoms with Crippen molar-refractivity contribution >= 4 is 27.3 Å². The van der Waals surface area contributed by atoms with Crippen LogP contribution in [0.15, 0.2) is 77.7 Å². The summed E-state index contributed by atoms with van der Waals surface area (Å²) in [6.45, 7) is 1.64. The lowest BCUT2D eigenvalue weighted by Gasteiger charge is -2.13. The fourth-order valence-electron chi connectivity index (χ4n) is 2.67. The number of amides is 1. The minimum atomic E-state index is -4.51. The molecule has 0 aromatic heterocycles. The summed E-state index contributed by atoms with van der Waals surface area (Å²) in [5, 5.41) is 2.71. The quantitative estimate of drug-likeness (QED) is 0.589. The monoisotopic (exact) mass is 434 g/mol. The molecule has 0 spiro atoms. The van der Waals surface area contributed by atoms with Gasteiger partial charge in [0.15, 0.2) is 0 Å². The lowest BCUT2D eigenvalue weighted by Crippen LogP contribution is -2.15. The number of hydrogen-bond acceptors (Lipinski definition) is 3. The summed E-state index contributed by atoms with van der Waals surface area (Å²) in [4.78, 5) is 12.2. The molecule has 0 bridgehead atoms. The lowest BCUT2D eigenvalue weighted by atomic mass is 10.1. The van der Waals surface area contributed by atoms with Gasteiger partial charge in [0, 0.05) is 16.9 Å². The predicted octanol–water partition coefficient (Wildman–Crippen LogP) is 5.07. The predicted molar refractivity (Wildman–Crippen MR) is 108 cm³/mol. The SMILES string of the molecule is Cc1cc(S(=O)(=O)Nc2ccc(C(F)(F)F)cc2)ccc1NC(=O)c1ccccc1. The molecule has 3 rings (SSSR count). The number of sulfonamides is 1. The molecule has 0 fully saturated rings. The van der Waals surface area contributed by atoms with Gasteiger partial charge in [0.05, 0.1) is 10.5 Å². The molecule has 1 amide bonds. The van der Waals surface area contributed by atoms with Crippen molar-refractivity contribution in [3.63, 3.8) is 0 Å². The van der Waals surface area contributed by atoms with E-state index in [0.29, 0.717) is 16.8 Å². The molecule has 0 aliphatic carbocycles. The van der Waals surface area contributed by atoms with Crippen molar-refractivity contribution < 1.29 is 26.4 Å². The molecule has 0 saturated heterocycles. The highest BCUT2D eigenvalue weighted by Gasteiger charge is 2.30. The van der Waals surface area contributed by atoms with Crippen LogP contribution < -0.4 is 10.0 Å². The number of benzene rings is 3. The summed E-state index contributed by atoms with van der Waals surface area (Å²) < 4.78 is 65.3. The molecule has 0 unspecified atom stereocenters. The van der Waals surface area contributed by atoms with E-state index in [0.717, 1.165) is 24.3 Å². The van der Waals surface area contributed by atoms with Crippen LogP contribution in [0.3, 0.4) is 0 Å². The number of rotatable bonds is 5. The maximum Gasteiger partial charge on any atom is 0.416 e. The summed E-state index contributed by atoms with van der Waals surface area (Å²) in [5.74, 6) is -0.336. The topological polar surface area (TPSA) is 75.3 Å². The van der Waals surface area contributed by atoms with Crippen LogP contribution in [0, 0.1) is 6.92 Å². The van der Waals surface area contributed by atoms with Gasteiger partial charge in [-0.15, -0.1) is 0 Å². The van der Waals surface area contributed by atoms with Crippen LogP contribution in [0.2, 0.25) is 0 Å². The zero-order chi connectivity index (χ0) is 21.9. The normalized spacial score (nSPS) is 11.7. The first-order valence-electron chi connectivity index (χ1n) is 8.73. The van der Waals surface area contributed by atoms with Crippen LogP contribution in [0.5, 0.6) is 0 Å². The first-order valence-corrected chi connectivity index (χ1v) is 10.2. The van der Waals surface area contributed by atoms with Gasteiger partial charge in [-0.2, -0.15) is 13.2 Å². The van der Waals surface area contributed by atoms with E-state index in [1.165, 1.54) is 18.2 Å². The third-order valence-electron chi connectivity index (χ3n) is 4.26. The van der Waals surface area contributed by atoms with Crippen molar-refractivity contribution in [3.05, 3.63) is 89.5 Å². The van der Waals surface area contributed by atoms with Crippen molar-refractivity contribution in [2.45, 2.75) is 18.0 Å². The molecule has 3 aromatic rings. The second-order valence-electron chi connectivity index (χ2n) is 6.48. The molecule has 0 atom stereocenters. The fourth-order valence-corrected chi connectivity index (χ4v) is 3.81. The molecule has 0 aliphatic rings. The van der Waals surface area contributed by atoms with Gasteiger partial charge in [0.2, 0.25) is 0 Å². The molecule has 156 valence electrons. The Bertz CT molecular complexity index is 1160. The third kappa shape index (κ3) is 4.98. The van der Waals surface area contributed by atoms with Crippen molar-refractivity contribution in [3.8, 4) is 0 Å². The largest absolute Gasteiger partial charge is 0.416 e. The van der Waals surface area contributed by atoms with E-state index in [1.807, 2.05) is 0 Å². The highest BCUT2D eigenvalue weighted by Crippen LogP contribution is 2.30. The van der Waals surface area contributed by atoms with E-state index >= 15 is 0 Å². The van der Waals surface area contributed by atoms with Crippen molar-refractivity contribution in [2.24, 2.45) is 0 Å². The number of carbonyl (C=O) groups excluding carboxylic acids is 1. The molecule has 0 heterocycles. The van der Waals surface area contributed by atoms with Gasteiger partial charge in [-0.1, -0.05) is 18.2 Å². The van der Waals surface area contributed by atoms with E-state index in [2.05, 4.69) is 10.0 Å². The van der Waals surface area contributed by atoms with Crippen molar-refractivity contribution in [1.29, 1.82) is 0 Å². The Morgan fingerprint density at radius 1 is 0.900 bits per heavy atom. The number of anilines is 2. The average molecular weight is 434 g/mol. The Kier molecular flexibility index (Phi) is 5.84. The maximum absolute atomic E-state index is 12.6. The molecule has 0 aliphatic heterocycles. The van der Waals surface area contributed by atoms with E-state index in [1.54, 1.807) is 37.3 Å². The van der Waals surface area contributed by atoms with Gasteiger partial charge >= 0.3 is 6.18 Å². The molecule has 3 aromatic carbocycles. The number of nitrogens with one attached hydrogen (secondary N) is 2. The van der Waals surface area contributed by atoms with Gasteiger partial charge in [-0.3, -0.25) is 9.52 Å². The van der Waals surface area contributed by atoms with E-state index in [-0.39, 0.29) is 16.5 Å². The number of hydrogen-bond donors (Lipinski definition) is 2. The molecule has 5 nitrogen and oxygen atoms in total. The van der Waals surface area contributed by atoms with Gasteiger partial charge in [0.25, 0.3) is 15.9 Å². The second-order valence-corrected chi connectivity index (χ2v) is 8.16. The van der Waals surface area contributed by atoms with E-state index < -0.39 is 21.8 Å². The average Bonchev–Trinajstić information content (AvgIpc) is 2.69. The highest BCUT2D eigenvalue weighted by molar-refractivity contribution is 7.92. The van der Waals surface area contributed by atoms with E-state index in [4.69, 9.17) is 0 Å². The molecular weight excluding hydrogens is 417 g/mol. The summed E-state index contributed by atoms with van der Waals surface area (Å²) in [6.07, 6.45) is -4.51. The number of aryl methyl sites for hydroxylation is 1. The van der Waals surface area contributed by atoms with Crippen molar-refractivity contribution in [2.75, 3.05) is 10.0 Å². The number of halogens is 3. The first-order chi connectivity index (χ1) is 14.1. The Balaban J connectivity index is 1.77. The summed E-state index contributed by atoms with van der Waals surface area (Å²) in [6, 6.07) is 16.3. The summed E-state index contributed by atoms with van der Waals surface area (Å²) in [5.41, 5.74) is 0.534. The molecule has 2 N–H and O–H groups in total. The van der Waals surface area contributed by atoms with Crippen LogP contribution in [0.25, 0.3) is 0 Å². The zero-order valence-electron chi connectivity index (χ0n) is 15.7. The van der Waals surface area contributed by atoms with Gasteiger partial charge < -0.3 is 5.32 Å². The minimum Gasteiger partial charge on any atom is -0.322 e. The van der Waals surface area contributed by atoms with Gasteiger partial charge in [0.1, 0.15) is 0 Å². The fraction of sp³-hybridized carbons (Fsp3) is 0.0952. The Labute approximate surface area is 171 Å². The first kappa shape index (κ1) is 21.4. The zero-order valence-corrected chi connectivity index (χ0v) is 16.5. The lowest BCUT2D eigenvalue weighted by molar-refractivity contribution is -0.137. The van der Waals surface area contributed by atoms with Gasteiger partial charge in [-0.05, 0) is 67.1 Å². The molecule has 30 heavy (non-hydrogen) atoms. The maximum atomic E-state index is 12.6. The molecule has 9 heteroatoms.